The summed E-state index contributed by atoms with van der Waals surface area (Å²) in [4.78, 5) is 27.4. The molecule has 1 aliphatic rings. The first-order valence-electron chi connectivity index (χ1n) is 10.5. The number of nitrogens with zero attached hydrogens (tertiary/aromatic N) is 1. The first-order valence-corrected chi connectivity index (χ1v) is 10.5. The summed E-state index contributed by atoms with van der Waals surface area (Å²) in [5.41, 5.74) is 5.29. The number of rotatable bonds is 6. The molecular weight excluding hydrogens is 404 g/mol. The molecule has 2 amide bonds. The van der Waals surface area contributed by atoms with Gasteiger partial charge in [0.15, 0.2) is 0 Å². The number of methoxy groups -OCH3 is 2. The van der Waals surface area contributed by atoms with E-state index in [2.05, 4.69) is 11.4 Å². The van der Waals surface area contributed by atoms with E-state index >= 15 is 0 Å². The second-order valence-electron chi connectivity index (χ2n) is 7.78. The fourth-order valence-corrected chi connectivity index (χ4v) is 3.89. The van der Waals surface area contributed by atoms with Gasteiger partial charge in [0.2, 0.25) is 0 Å². The molecular formula is C26H26N2O4. The van der Waals surface area contributed by atoms with Crippen LogP contribution in [0.15, 0.2) is 60.7 Å². The minimum Gasteiger partial charge on any atom is -0.497 e. The van der Waals surface area contributed by atoms with E-state index in [1.807, 2.05) is 48.2 Å². The molecule has 3 aromatic rings. The van der Waals surface area contributed by atoms with E-state index in [-0.39, 0.29) is 11.8 Å². The third kappa shape index (κ3) is 4.30. The molecule has 0 radical (unpaired) electrons. The van der Waals surface area contributed by atoms with Crippen molar-refractivity contribution in [2.75, 3.05) is 25.7 Å². The predicted molar refractivity (Wildman–Crippen MR) is 124 cm³/mol. The summed E-state index contributed by atoms with van der Waals surface area (Å²) >= 11 is 0. The summed E-state index contributed by atoms with van der Waals surface area (Å²) in [7, 11) is 3.09. The number of nitrogens with one attached hydrogen (secondary N) is 1. The van der Waals surface area contributed by atoms with Crippen molar-refractivity contribution >= 4 is 17.5 Å². The molecule has 164 valence electrons. The maximum absolute atomic E-state index is 12.9. The molecule has 0 fully saturated rings. The average Bonchev–Trinajstić information content (AvgIpc) is 3.25. The summed E-state index contributed by atoms with van der Waals surface area (Å²) in [5.74, 6) is 0.875. The number of aryl methyl sites for hydroxylation is 1. The van der Waals surface area contributed by atoms with Gasteiger partial charge in [-0.15, -0.1) is 0 Å². The normalized spacial score (nSPS) is 12.3. The van der Waals surface area contributed by atoms with Gasteiger partial charge in [0.25, 0.3) is 11.8 Å². The van der Waals surface area contributed by atoms with Crippen molar-refractivity contribution in [1.82, 2.24) is 5.32 Å². The van der Waals surface area contributed by atoms with Gasteiger partial charge in [0.05, 0.1) is 19.8 Å². The van der Waals surface area contributed by atoms with Crippen LogP contribution in [-0.4, -0.2) is 32.6 Å². The number of hydrogen-bond acceptors (Lipinski definition) is 4. The number of ether oxygens (including phenoxy) is 2. The third-order valence-electron chi connectivity index (χ3n) is 5.69. The van der Waals surface area contributed by atoms with Gasteiger partial charge in [-0.25, -0.2) is 0 Å². The minimum absolute atomic E-state index is 0.0106. The molecule has 1 aliphatic heterocycles. The van der Waals surface area contributed by atoms with E-state index in [1.165, 1.54) is 7.11 Å². The Balaban J connectivity index is 1.45. The number of hydrogen-bond donors (Lipinski definition) is 1. The lowest BCUT2D eigenvalue weighted by Crippen LogP contribution is -2.28. The third-order valence-corrected chi connectivity index (χ3v) is 5.69. The van der Waals surface area contributed by atoms with Crippen LogP contribution in [0.4, 0.5) is 5.69 Å². The van der Waals surface area contributed by atoms with E-state index in [0.29, 0.717) is 35.7 Å². The Labute approximate surface area is 187 Å². The average molecular weight is 431 g/mol. The van der Waals surface area contributed by atoms with Crippen molar-refractivity contribution in [3.63, 3.8) is 0 Å². The van der Waals surface area contributed by atoms with Crippen molar-refractivity contribution in [2.24, 2.45) is 0 Å². The summed E-state index contributed by atoms with van der Waals surface area (Å²) in [6.07, 6.45) is 0.793. The summed E-state index contributed by atoms with van der Waals surface area (Å²) in [6, 6.07) is 18.7. The lowest BCUT2D eigenvalue weighted by molar-refractivity contribution is 0.0946. The van der Waals surface area contributed by atoms with Gasteiger partial charge in [-0.1, -0.05) is 29.8 Å². The molecule has 0 spiro atoms. The fourth-order valence-electron chi connectivity index (χ4n) is 3.89. The number of anilines is 1. The Morgan fingerprint density at radius 2 is 1.75 bits per heavy atom. The van der Waals surface area contributed by atoms with Crippen LogP contribution in [-0.2, 0) is 13.0 Å². The van der Waals surface area contributed by atoms with Crippen LogP contribution < -0.4 is 19.7 Å². The molecule has 0 atom stereocenters. The SMILES string of the molecule is COc1ccc(C(=O)NCc2ccc3c(c2)CCN3C(=O)c2ccc(C)cc2)c(OC)c1. The van der Waals surface area contributed by atoms with Crippen molar-refractivity contribution in [2.45, 2.75) is 19.9 Å². The highest BCUT2D eigenvalue weighted by atomic mass is 16.5. The molecule has 0 aromatic heterocycles. The highest BCUT2D eigenvalue weighted by Crippen LogP contribution is 2.30. The smallest absolute Gasteiger partial charge is 0.258 e. The standard InChI is InChI=1S/C26H26N2O4/c1-17-4-7-19(8-5-17)26(30)28-13-12-20-14-18(6-11-23(20)28)16-27-25(29)22-10-9-21(31-2)15-24(22)32-3/h4-11,14-15H,12-13,16H2,1-3H3,(H,27,29). The molecule has 6 heteroatoms. The van der Waals surface area contributed by atoms with Gasteiger partial charge in [-0.05, 0) is 54.8 Å². The number of carbonyl (C=O) groups is 2. The monoisotopic (exact) mass is 430 g/mol. The number of amides is 2. The molecule has 0 unspecified atom stereocenters. The molecule has 4 rings (SSSR count). The van der Waals surface area contributed by atoms with E-state index in [1.54, 1.807) is 25.3 Å². The lowest BCUT2D eigenvalue weighted by Gasteiger charge is -2.18. The molecule has 1 heterocycles. The van der Waals surface area contributed by atoms with Crippen molar-refractivity contribution < 1.29 is 19.1 Å². The van der Waals surface area contributed by atoms with Crippen LogP contribution >= 0.6 is 0 Å². The van der Waals surface area contributed by atoms with Crippen LogP contribution in [0.3, 0.4) is 0 Å². The Morgan fingerprint density at radius 3 is 2.47 bits per heavy atom. The van der Waals surface area contributed by atoms with E-state index in [0.717, 1.165) is 28.8 Å². The maximum Gasteiger partial charge on any atom is 0.258 e. The molecule has 6 nitrogen and oxygen atoms in total. The van der Waals surface area contributed by atoms with Gasteiger partial charge >= 0.3 is 0 Å². The van der Waals surface area contributed by atoms with Gasteiger partial charge in [0.1, 0.15) is 11.5 Å². The maximum atomic E-state index is 12.9. The fraction of sp³-hybridized carbons (Fsp3) is 0.231. The zero-order valence-electron chi connectivity index (χ0n) is 18.5. The molecule has 0 bridgehead atoms. The zero-order chi connectivity index (χ0) is 22.7. The van der Waals surface area contributed by atoms with Crippen molar-refractivity contribution in [3.8, 4) is 11.5 Å². The Morgan fingerprint density at radius 1 is 0.969 bits per heavy atom. The second kappa shape index (κ2) is 9.14. The van der Waals surface area contributed by atoms with E-state index in [4.69, 9.17) is 9.47 Å². The van der Waals surface area contributed by atoms with Gasteiger partial charge in [-0.2, -0.15) is 0 Å². The molecule has 32 heavy (non-hydrogen) atoms. The van der Waals surface area contributed by atoms with Gasteiger partial charge < -0.3 is 19.7 Å². The minimum atomic E-state index is -0.221. The first-order chi connectivity index (χ1) is 15.5. The molecule has 0 aliphatic carbocycles. The highest BCUT2D eigenvalue weighted by Gasteiger charge is 2.25. The highest BCUT2D eigenvalue weighted by molar-refractivity contribution is 6.07. The van der Waals surface area contributed by atoms with Crippen LogP contribution in [0, 0.1) is 6.92 Å². The van der Waals surface area contributed by atoms with Gasteiger partial charge in [-0.3, -0.25) is 9.59 Å². The number of carbonyl (C=O) groups excluding carboxylic acids is 2. The quantitative estimate of drug-likeness (QED) is 0.638. The van der Waals surface area contributed by atoms with Gasteiger partial charge in [0, 0.05) is 30.4 Å². The van der Waals surface area contributed by atoms with E-state index < -0.39 is 0 Å². The van der Waals surface area contributed by atoms with Crippen LogP contribution in [0.5, 0.6) is 11.5 Å². The van der Waals surface area contributed by atoms with Crippen molar-refractivity contribution in [1.29, 1.82) is 0 Å². The van der Waals surface area contributed by atoms with Crippen LogP contribution in [0.25, 0.3) is 0 Å². The van der Waals surface area contributed by atoms with E-state index in [9.17, 15) is 9.59 Å². The topological polar surface area (TPSA) is 67.9 Å². The number of benzene rings is 3. The Bertz CT molecular complexity index is 1150. The number of fused-ring (bicyclic) bond motifs is 1. The molecule has 3 aromatic carbocycles. The van der Waals surface area contributed by atoms with Crippen molar-refractivity contribution in [3.05, 3.63) is 88.5 Å². The Kier molecular flexibility index (Phi) is 6.12. The Hall–Kier alpha value is -3.80. The summed E-state index contributed by atoms with van der Waals surface area (Å²) in [6.45, 7) is 3.04. The zero-order valence-corrected chi connectivity index (χ0v) is 18.5. The molecule has 0 saturated carbocycles. The summed E-state index contributed by atoms with van der Waals surface area (Å²) < 4.78 is 10.5. The lowest BCUT2D eigenvalue weighted by atomic mass is 10.1. The van der Waals surface area contributed by atoms with Crippen LogP contribution in [0.2, 0.25) is 0 Å². The second-order valence-corrected chi connectivity index (χ2v) is 7.78. The predicted octanol–water partition coefficient (Wildman–Crippen LogP) is 4.15. The van der Waals surface area contributed by atoms with Crippen LogP contribution in [0.1, 0.15) is 37.4 Å². The largest absolute Gasteiger partial charge is 0.497 e. The first kappa shape index (κ1) is 21.4. The summed E-state index contributed by atoms with van der Waals surface area (Å²) in [5, 5.41) is 2.94. The molecule has 1 N–H and O–H groups in total. The molecule has 0 saturated heterocycles.